The number of ether oxygens (including phenoxy) is 1. The predicted octanol–water partition coefficient (Wildman–Crippen LogP) is 2.95. The second kappa shape index (κ2) is 8.58. The van der Waals surface area contributed by atoms with Gasteiger partial charge in [-0.15, -0.1) is 5.10 Å². The average Bonchev–Trinajstić information content (AvgIpc) is 3.31. The average molecular weight is 360 g/mol. The molecule has 1 aliphatic rings. The van der Waals surface area contributed by atoms with E-state index in [-0.39, 0.29) is 11.9 Å². The summed E-state index contributed by atoms with van der Waals surface area (Å²) in [5, 5.41) is 12.5. The van der Waals surface area contributed by atoms with Crippen molar-refractivity contribution in [1.82, 2.24) is 20.2 Å². The van der Waals surface area contributed by atoms with Crippen molar-refractivity contribution in [3.8, 4) is 0 Å². The third-order valence-corrected chi connectivity index (χ3v) is 5.45. The Balaban J connectivity index is 1.66. The first-order valence-electron chi connectivity index (χ1n) is 8.86. The SMILES string of the molecule is CCc1ccc(CC)c(C(=O)CSc2nnnn2CC2CCCO2)c1. The van der Waals surface area contributed by atoms with Crippen molar-refractivity contribution in [2.75, 3.05) is 12.4 Å². The molecule has 2 heterocycles. The van der Waals surface area contributed by atoms with Gasteiger partial charge in [0.2, 0.25) is 5.16 Å². The number of carbonyl (C=O) groups is 1. The van der Waals surface area contributed by atoms with Gasteiger partial charge >= 0.3 is 0 Å². The number of nitrogens with zero attached hydrogens (tertiary/aromatic N) is 4. The first-order chi connectivity index (χ1) is 12.2. The molecule has 1 saturated heterocycles. The highest BCUT2D eigenvalue weighted by Gasteiger charge is 2.20. The monoisotopic (exact) mass is 360 g/mol. The summed E-state index contributed by atoms with van der Waals surface area (Å²) in [5.41, 5.74) is 3.11. The largest absolute Gasteiger partial charge is 0.376 e. The fourth-order valence-corrected chi connectivity index (χ4v) is 3.78. The van der Waals surface area contributed by atoms with Crippen molar-refractivity contribution in [2.24, 2.45) is 0 Å². The molecule has 0 amide bonds. The Morgan fingerprint density at radius 1 is 1.36 bits per heavy atom. The van der Waals surface area contributed by atoms with Crippen LogP contribution in [0.3, 0.4) is 0 Å². The molecule has 1 fully saturated rings. The lowest BCUT2D eigenvalue weighted by Crippen LogP contribution is -2.17. The van der Waals surface area contributed by atoms with E-state index in [9.17, 15) is 4.79 Å². The van der Waals surface area contributed by atoms with Gasteiger partial charge in [-0.05, 0) is 53.3 Å². The van der Waals surface area contributed by atoms with E-state index >= 15 is 0 Å². The van der Waals surface area contributed by atoms with E-state index in [1.54, 1.807) is 4.68 Å². The molecule has 1 aromatic carbocycles. The third kappa shape index (κ3) is 4.46. The Labute approximate surface area is 152 Å². The molecule has 0 N–H and O–H groups in total. The summed E-state index contributed by atoms with van der Waals surface area (Å²) in [6.45, 7) is 5.63. The summed E-state index contributed by atoms with van der Waals surface area (Å²) in [6, 6.07) is 6.19. The molecule has 25 heavy (non-hydrogen) atoms. The van der Waals surface area contributed by atoms with Crippen LogP contribution in [0.25, 0.3) is 0 Å². The van der Waals surface area contributed by atoms with E-state index in [2.05, 4.69) is 41.5 Å². The topological polar surface area (TPSA) is 69.9 Å². The zero-order valence-electron chi connectivity index (χ0n) is 14.8. The highest BCUT2D eigenvalue weighted by Crippen LogP contribution is 2.21. The van der Waals surface area contributed by atoms with Crippen molar-refractivity contribution in [3.63, 3.8) is 0 Å². The molecule has 3 rings (SSSR count). The van der Waals surface area contributed by atoms with Crippen molar-refractivity contribution >= 4 is 17.5 Å². The lowest BCUT2D eigenvalue weighted by atomic mass is 9.98. The smallest absolute Gasteiger partial charge is 0.209 e. The van der Waals surface area contributed by atoms with Crippen LogP contribution in [0.5, 0.6) is 0 Å². The van der Waals surface area contributed by atoms with Gasteiger partial charge in [0.1, 0.15) is 0 Å². The van der Waals surface area contributed by atoms with E-state index in [4.69, 9.17) is 4.74 Å². The lowest BCUT2D eigenvalue weighted by molar-refractivity contribution is 0.0912. The second-order valence-corrected chi connectivity index (χ2v) is 7.13. The van der Waals surface area contributed by atoms with Crippen molar-refractivity contribution < 1.29 is 9.53 Å². The minimum atomic E-state index is 0.129. The third-order valence-electron chi connectivity index (χ3n) is 4.50. The van der Waals surface area contributed by atoms with Gasteiger partial charge in [-0.2, -0.15) is 0 Å². The molecule has 1 unspecified atom stereocenters. The Morgan fingerprint density at radius 3 is 2.96 bits per heavy atom. The van der Waals surface area contributed by atoms with Crippen LogP contribution in [0, 0.1) is 0 Å². The molecule has 2 aromatic rings. The van der Waals surface area contributed by atoms with Crippen molar-refractivity contribution in [3.05, 3.63) is 34.9 Å². The molecule has 1 aromatic heterocycles. The normalized spacial score (nSPS) is 17.1. The van der Waals surface area contributed by atoms with Crippen LogP contribution in [-0.2, 0) is 24.1 Å². The molecular formula is C18H24N4O2S. The van der Waals surface area contributed by atoms with E-state index in [0.29, 0.717) is 17.5 Å². The molecule has 1 aliphatic heterocycles. The first kappa shape index (κ1) is 18.1. The summed E-state index contributed by atoms with van der Waals surface area (Å²) >= 11 is 1.39. The maximum absolute atomic E-state index is 12.7. The van der Waals surface area contributed by atoms with Crippen LogP contribution >= 0.6 is 11.8 Å². The highest BCUT2D eigenvalue weighted by atomic mass is 32.2. The van der Waals surface area contributed by atoms with E-state index in [1.807, 2.05) is 6.07 Å². The Kier molecular flexibility index (Phi) is 6.20. The minimum absolute atomic E-state index is 0.129. The summed E-state index contributed by atoms with van der Waals surface area (Å²) in [4.78, 5) is 12.7. The minimum Gasteiger partial charge on any atom is -0.376 e. The number of aromatic nitrogens is 4. The quantitative estimate of drug-likeness (QED) is 0.532. The molecule has 0 saturated carbocycles. The van der Waals surface area contributed by atoms with Gasteiger partial charge in [-0.1, -0.05) is 37.7 Å². The summed E-state index contributed by atoms with van der Waals surface area (Å²) in [7, 11) is 0. The van der Waals surface area contributed by atoms with Gasteiger partial charge in [0.15, 0.2) is 5.78 Å². The van der Waals surface area contributed by atoms with Gasteiger partial charge in [-0.3, -0.25) is 4.79 Å². The van der Waals surface area contributed by atoms with E-state index in [1.165, 1.54) is 17.3 Å². The van der Waals surface area contributed by atoms with Gasteiger partial charge in [0.05, 0.1) is 18.4 Å². The van der Waals surface area contributed by atoms with Gasteiger partial charge in [0, 0.05) is 12.2 Å². The molecule has 0 spiro atoms. The van der Waals surface area contributed by atoms with Crippen LogP contribution in [0.4, 0.5) is 0 Å². The maximum Gasteiger partial charge on any atom is 0.209 e. The molecule has 0 aliphatic carbocycles. The summed E-state index contributed by atoms with van der Waals surface area (Å²) in [5.74, 6) is 0.468. The number of ketones is 1. The zero-order valence-corrected chi connectivity index (χ0v) is 15.6. The summed E-state index contributed by atoms with van der Waals surface area (Å²) < 4.78 is 7.39. The van der Waals surface area contributed by atoms with Crippen LogP contribution in [0.15, 0.2) is 23.4 Å². The lowest BCUT2D eigenvalue weighted by Gasteiger charge is -2.11. The number of benzene rings is 1. The highest BCUT2D eigenvalue weighted by molar-refractivity contribution is 7.99. The first-order valence-corrected chi connectivity index (χ1v) is 9.85. The Bertz CT molecular complexity index is 726. The van der Waals surface area contributed by atoms with Gasteiger partial charge in [0.25, 0.3) is 0 Å². The number of thioether (sulfide) groups is 1. The fourth-order valence-electron chi connectivity index (χ4n) is 3.01. The van der Waals surface area contributed by atoms with Gasteiger partial charge in [-0.25, -0.2) is 4.68 Å². The number of tetrazole rings is 1. The number of carbonyl (C=O) groups excluding carboxylic acids is 1. The van der Waals surface area contributed by atoms with E-state index in [0.717, 1.165) is 43.4 Å². The summed E-state index contributed by atoms with van der Waals surface area (Å²) in [6.07, 6.45) is 4.07. The molecule has 1 atom stereocenters. The van der Waals surface area contributed by atoms with Gasteiger partial charge < -0.3 is 4.74 Å². The number of rotatable bonds is 8. The van der Waals surface area contributed by atoms with Crippen molar-refractivity contribution in [1.29, 1.82) is 0 Å². The number of Topliss-reactive ketones (excluding diaryl/α,β-unsaturated/α-hetero) is 1. The molecular weight excluding hydrogens is 336 g/mol. The zero-order chi connectivity index (χ0) is 17.6. The molecule has 0 radical (unpaired) electrons. The van der Waals surface area contributed by atoms with E-state index < -0.39 is 0 Å². The molecule has 0 bridgehead atoms. The van der Waals surface area contributed by atoms with Crippen LogP contribution in [-0.4, -0.2) is 44.5 Å². The van der Waals surface area contributed by atoms with Crippen LogP contribution in [0.2, 0.25) is 0 Å². The standard InChI is InChI=1S/C18H24N4O2S/c1-3-13-7-8-14(4-2)16(10-13)17(23)12-25-18-19-20-21-22(18)11-15-6-5-9-24-15/h7-8,10,15H,3-6,9,11-12H2,1-2H3. The maximum atomic E-state index is 12.7. The molecule has 7 heteroatoms. The number of aryl methyl sites for hydroxylation is 2. The van der Waals surface area contributed by atoms with Crippen molar-refractivity contribution in [2.45, 2.75) is 57.3 Å². The number of hydrogen-bond acceptors (Lipinski definition) is 6. The van der Waals surface area contributed by atoms with Crippen LogP contribution in [0.1, 0.15) is 48.2 Å². The Morgan fingerprint density at radius 2 is 2.24 bits per heavy atom. The fraction of sp³-hybridized carbons (Fsp3) is 0.556. The Hall–Kier alpha value is -1.73. The van der Waals surface area contributed by atoms with Crippen LogP contribution < -0.4 is 0 Å². The number of hydrogen-bond donors (Lipinski definition) is 0. The molecule has 6 nitrogen and oxygen atoms in total. The predicted molar refractivity (Wildman–Crippen MR) is 97.0 cm³/mol. The molecule has 134 valence electrons. The second-order valence-electron chi connectivity index (χ2n) is 6.19.